The second-order valence-corrected chi connectivity index (χ2v) is 7.04. The minimum Gasteiger partial charge on any atom is -0.374 e. The number of halogens is 1. The summed E-state index contributed by atoms with van der Waals surface area (Å²) in [5.74, 6) is -0.424. The summed E-state index contributed by atoms with van der Waals surface area (Å²) in [5, 5.41) is 3.33. The van der Waals surface area contributed by atoms with E-state index in [0.29, 0.717) is 36.6 Å². The third-order valence-corrected chi connectivity index (χ3v) is 5.18. The fraction of sp³-hybridized carbons (Fsp3) is 0.429. The topological polar surface area (TPSA) is 63.7 Å². The molecule has 2 saturated heterocycles. The van der Waals surface area contributed by atoms with Crippen molar-refractivity contribution in [2.24, 2.45) is 0 Å². The quantitative estimate of drug-likeness (QED) is 0.876. The summed E-state index contributed by atoms with van der Waals surface area (Å²) in [7, 11) is 0. The molecule has 2 aliphatic heterocycles. The number of hydrogen-bond donors (Lipinski definition) is 1. The molecule has 1 amide bonds. The van der Waals surface area contributed by atoms with E-state index in [1.54, 1.807) is 30.5 Å². The molecule has 2 fully saturated rings. The van der Waals surface area contributed by atoms with Gasteiger partial charge in [-0.3, -0.25) is 9.78 Å². The first-order valence-electron chi connectivity index (χ1n) is 9.67. The zero-order valence-corrected chi connectivity index (χ0v) is 15.6. The van der Waals surface area contributed by atoms with Crippen LogP contribution in [0.2, 0.25) is 0 Å². The zero-order valence-electron chi connectivity index (χ0n) is 15.6. The number of rotatable bonds is 4. The molecule has 1 N–H and O–H groups in total. The highest BCUT2D eigenvalue weighted by molar-refractivity contribution is 5.94. The summed E-state index contributed by atoms with van der Waals surface area (Å²) in [5.41, 5.74) is 1.80. The number of carbonyl (C=O) groups excluding carboxylic acids is 1. The monoisotopic (exact) mass is 385 g/mol. The minimum atomic E-state index is -0.382. The molecule has 0 aliphatic carbocycles. The zero-order chi connectivity index (χ0) is 19.3. The summed E-state index contributed by atoms with van der Waals surface area (Å²) in [4.78, 5) is 19.5. The standard InChI is InChI=1S/C21H24FN3O3/c22-17-3-1-2-15(12-17)19-5-4-16(13-24-19)21(26)25(18-6-8-23-9-7-18)20-14-27-10-11-28-20/h1-5,12-13,18,20,23H,6-11,14H2. The molecule has 4 rings (SSSR count). The molecule has 1 unspecified atom stereocenters. The molecule has 1 aromatic carbocycles. The Morgan fingerprint density at radius 3 is 2.71 bits per heavy atom. The van der Waals surface area contributed by atoms with Crippen LogP contribution >= 0.6 is 0 Å². The Labute approximate surface area is 163 Å². The number of benzene rings is 1. The Hall–Kier alpha value is -2.35. The van der Waals surface area contributed by atoms with Crippen molar-refractivity contribution in [3.05, 3.63) is 54.0 Å². The molecule has 1 atom stereocenters. The number of nitrogens with zero attached hydrogens (tertiary/aromatic N) is 2. The van der Waals surface area contributed by atoms with Gasteiger partial charge in [-0.25, -0.2) is 4.39 Å². The lowest BCUT2D eigenvalue weighted by molar-refractivity contribution is -0.152. The van der Waals surface area contributed by atoms with Gasteiger partial charge in [-0.05, 0) is 50.2 Å². The van der Waals surface area contributed by atoms with E-state index < -0.39 is 0 Å². The molecule has 1 aromatic heterocycles. The van der Waals surface area contributed by atoms with Gasteiger partial charge in [0.15, 0.2) is 6.23 Å². The average Bonchev–Trinajstić information content (AvgIpc) is 2.75. The van der Waals surface area contributed by atoms with Crippen LogP contribution in [0.15, 0.2) is 42.6 Å². The number of aromatic nitrogens is 1. The number of nitrogens with one attached hydrogen (secondary N) is 1. The average molecular weight is 385 g/mol. The van der Waals surface area contributed by atoms with E-state index in [-0.39, 0.29) is 24.0 Å². The molecule has 2 aromatic rings. The van der Waals surface area contributed by atoms with Crippen molar-refractivity contribution in [2.75, 3.05) is 32.9 Å². The minimum absolute atomic E-state index is 0.100. The van der Waals surface area contributed by atoms with Gasteiger partial charge in [0, 0.05) is 17.8 Å². The largest absolute Gasteiger partial charge is 0.374 e. The lowest BCUT2D eigenvalue weighted by atomic mass is 10.0. The molecule has 148 valence electrons. The van der Waals surface area contributed by atoms with E-state index >= 15 is 0 Å². The van der Waals surface area contributed by atoms with Crippen molar-refractivity contribution in [1.82, 2.24) is 15.2 Å². The smallest absolute Gasteiger partial charge is 0.257 e. The van der Waals surface area contributed by atoms with Crippen molar-refractivity contribution < 1.29 is 18.7 Å². The van der Waals surface area contributed by atoms with Gasteiger partial charge >= 0.3 is 0 Å². The Morgan fingerprint density at radius 1 is 1.18 bits per heavy atom. The highest BCUT2D eigenvalue weighted by Gasteiger charge is 2.34. The van der Waals surface area contributed by atoms with E-state index in [4.69, 9.17) is 9.47 Å². The first-order valence-corrected chi connectivity index (χ1v) is 9.67. The van der Waals surface area contributed by atoms with Gasteiger partial charge in [-0.1, -0.05) is 12.1 Å². The molecule has 3 heterocycles. The van der Waals surface area contributed by atoms with Crippen molar-refractivity contribution in [2.45, 2.75) is 25.1 Å². The number of piperidine rings is 1. The molecular formula is C21H24FN3O3. The SMILES string of the molecule is O=C(c1ccc(-c2cccc(F)c2)nc1)N(C1CCNCC1)C1COCCO1. The van der Waals surface area contributed by atoms with Crippen molar-refractivity contribution in [1.29, 1.82) is 0 Å². The van der Waals surface area contributed by atoms with Gasteiger partial charge in [-0.2, -0.15) is 0 Å². The number of pyridine rings is 1. The summed E-state index contributed by atoms with van der Waals surface area (Å²) in [6, 6.07) is 9.85. The van der Waals surface area contributed by atoms with Gasteiger partial charge in [0.05, 0.1) is 31.1 Å². The van der Waals surface area contributed by atoms with Crippen LogP contribution in [0.25, 0.3) is 11.3 Å². The van der Waals surface area contributed by atoms with Crippen LogP contribution in [0.1, 0.15) is 23.2 Å². The lowest BCUT2D eigenvalue weighted by Crippen LogP contribution is -2.55. The first kappa shape index (κ1) is 19.0. The van der Waals surface area contributed by atoms with Crippen molar-refractivity contribution in [3.63, 3.8) is 0 Å². The molecule has 0 radical (unpaired) electrons. The van der Waals surface area contributed by atoms with Crippen molar-refractivity contribution in [3.8, 4) is 11.3 Å². The van der Waals surface area contributed by atoms with Gasteiger partial charge in [0.1, 0.15) is 5.82 Å². The number of amides is 1. The fourth-order valence-electron chi connectivity index (χ4n) is 3.74. The van der Waals surface area contributed by atoms with Crippen LogP contribution in [-0.4, -0.2) is 61.0 Å². The molecule has 0 spiro atoms. The molecule has 28 heavy (non-hydrogen) atoms. The molecule has 7 heteroatoms. The third-order valence-electron chi connectivity index (χ3n) is 5.18. The van der Waals surface area contributed by atoms with Crippen molar-refractivity contribution >= 4 is 5.91 Å². The summed E-state index contributed by atoms with van der Waals surface area (Å²) in [6.07, 6.45) is 2.92. The normalized spacial score (nSPS) is 20.7. The van der Waals surface area contributed by atoms with Gasteiger partial charge in [-0.15, -0.1) is 0 Å². The Kier molecular flexibility index (Phi) is 5.95. The lowest BCUT2D eigenvalue weighted by Gasteiger charge is -2.41. The fourth-order valence-corrected chi connectivity index (χ4v) is 3.74. The second kappa shape index (κ2) is 8.77. The van der Waals surface area contributed by atoms with Crippen LogP contribution < -0.4 is 5.32 Å². The van der Waals surface area contributed by atoms with Crippen LogP contribution in [-0.2, 0) is 9.47 Å². The van der Waals surface area contributed by atoms with Crippen LogP contribution in [0, 0.1) is 5.82 Å². The Morgan fingerprint density at radius 2 is 2.04 bits per heavy atom. The van der Waals surface area contributed by atoms with E-state index in [1.165, 1.54) is 12.1 Å². The van der Waals surface area contributed by atoms with Crippen LogP contribution in [0.4, 0.5) is 4.39 Å². The highest BCUT2D eigenvalue weighted by Crippen LogP contribution is 2.23. The summed E-state index contributed by atoms with van der Waals surface area (Å²) in [6.45, 7) is 3.16. The molecule has 2 aliphatic rings. The first-order chi connectivity index (χ1) is 13.7. The van der Waals surface area contributed by atoms with Crippen LogP contribution in [0.3, 0.4) is 0 Å². The maximum atomic E-state index is 13.5. The third kappa shape index (κ3) is 4.22. The maximum absolute atomic E-state index is 13.5. The van der Waals surface area contributed by atoms with E-state index in [1.807, 2.05) is 4.90 Å². The second-order valence-electron chi connectivity index (χ2n) is 7.04. The van der Waals surface area contributed by atoms with Crippen LogP contribution in [0.5, 0.6) is 0 Å². The predicted molar refractivity (Wildman–Crippen MR) is 102 cm³/mol. The molecule has 6 nitrogen and oxygen atoms in total. The predicted octanol–water partition coefficient (Wildman–Crippen LogP) is 2.45. The summed E-state index contributed by atoms with van der Waals surface area (Å²) >= 11 is 0. The van der Waals surface area contributed by atoms with Gasteiger partial charge < -0.3 is 19.7 Å². The number of carbonyl (C=O) groups is 1. The maximum Gasteiger partial charge on any atom is 0.257 e. The van der Waals surface area contributed by atoms with E-state index in [0.717, 1.165) is 25.9 Å². The number of ether oxygens (including phenoxy) is 2. The number of hydrogen-bond acceptors (Lipinski definition) is 5. The van der Waals surface area contributed by atoms with Gasteiger partial charge in [0.25, 0.3) is 5.91 Å². The van der Waals surface area contributed by atoms with E-state index in [2.05, 4.69) is 10.3 Å². The summed E-state index contributed by atoms with van der Waals surface area (Å²) < 4.78 is 24.8. The molecule has 0 bridgehead atoms. The Balaban J connectivity index is 1.57. The highest BCUT2D eigenvalue weighted by atomic mass is 19.1. The molecule has 0 saturated carbocycles. The molecular weight excluding hydrogens is 361 g/mol. The Bertz CT molecular complexity index is 785. The van der Waals surface area contributed by atoms with Gasteiger partial charge in [0.2, 0.25) is 0 Å². The van der Waals surface area contributed by atoms with E-state index in [9.17, 15) is 9.18 Å².